The Morgan fingerprint density at radius 2 is 2.33 bits per heavy atom. The van der Waals surface area contributed by atoms with E-state index in [2.05, 4.69) is 26.0 Å². The molecule has 2 aromatic rings. The molecule has 0 saturated heterocycles. The molecular weight excluding hydrogens is 266 g/mol. The van der Waals surface area contributed by atoms with Gasteiger partial charge in [0.1, 0.15) is 5.56 Å². The number of halogens is 1. The van der Waals surface area contributed by atoms with Gasteiger partial charge in [-0.25, -0.2) is 9.78 Å². The van der Waals surface area contributed by atoms with Crippen LogP contribution in [0.4, 0.5) is 0 Å². The Morgan fingerprint density at radius 1 is 1.67 bits per heavy atom. The van der Waals surface area contributed by atoms with Crippen LogP contribution in [0, 0.1) is 6.92 Å². The van der Waals surface area contributed by atoms with Crippen molar-refractivity contribution in [2.45, 2.75) is 6.92 Å². The molecule has 0 aromatic carbocycles. The highest BCUT2D eigenvalue weighted by Crippen LogP contribution is 2.18. The molecule has 2 heterocycles. The lowest BCUT2D eigenvalue weighted by atomic mass is 10.3. The number of rotatable bonds is 1. The summed E-state index contributed by atoms with van der Waals surface area (Å²) in [7, 11) is 0. The molecule has 0 fully saturated rings. The minimum Gasteiger partial charge on any atom is -0.477 e. The van der Waals surface area contributed by atoms with E-state index in [1.54, 1.807) is 6.92 Å². The summed E-state index contributed by atoms with van der Waals surface area (Å²) < 4.78 is 1.75. The number of aryl methyl sites for hydroxylation is 1. The van der Waals surface area contributed by atoms with Gasteiger partial charge in [-0.15, -0.1) is 0 Å². The zero-order valence-electron chi connectivity index (χ0n) is 7.61. The first-order valence-corrected chi connectivity index (χ1v) is 4.81. The third-order valence-corrected chi connectivity index (χ3v) is 2.95. The molecule has 2 N–H and O–H groups in total. The average molecular weight is 272 g/mol. The standard InChI is InChI=1S/C8H6BrN3O3/c1-3-5(9)6-10-2-4(8(14)15)7(13)12(6)11-3/h2,11H,1H3,(H,14,15). The Hall–Kier alpha value is -1.63. The van der Waals surface area contributed by atoms with Crippen molar-refractivity contribution in [2.24, 2.45) is 0 Å². The van der Waals surface area contributed by atoms with E-state index in [1.807, 2.05) is 0 Å². The Kier molecular flexibility index (Phi) is 2.11. The molecular formula is C8H6BrN3O3. The van der Waals surface area contributed by atoms with Crippen molar-refractivity contribution in [3.05, 3.63) is 32.3 Å². The first kappa shape index (κ1) is 9.91. The van der Waals surface area contributed by atoms with Crippen LogP contribution in [0.15, 0.2) is 15.5 Å². The lowest BCUT2D eigenvalue weighted by Gasteiger charge is -1.94. The second-order valence-corrected chi connectivity index (χ2v) is 3.78. The average Bonchev–Trinajstić information content (AvgIpc) is 2.45. The number of hydrogen-bond donors (Lipinski definition) is 2. The van der Waals surface area contributed by atoms with Gasteiger partial charge in [0.2, 0.25) is 0 Å². The van der Waals surface area contributed by atoms with E-state index >= 15 is 0 Å². The van der Waals surface area contributed by atoms with Gasteiger partial charge >= 0.3 is 5.97 Å². The third kappa shape index (κ3) is 1.35. The quantitative estimate of drug-likeness (QED) is 0.803. The number of aromatic nitrogens is 3. The number of H-pyrrole nitrogens is 1. The summed E-state index contributed by atoms with van der Waals surface area (Å²) in [6.45, 7) is 1.75. The fraction of sp³-hybridized carbons (Fsp3) is 0.125. The van der Waals surface area contributed by atoms with Gasteiger partial charge in [0, 0.05) is 11.9 Å². The lowest BCUT2D eigenvalue weighted by molar-refractivity contribution is 0.0694. The van der Waals surface area contributed by atoms with E-state index in [0.717, 1.165) is 10.7 Å². The Morgan fingerprint density at radius 3 is 2.93 bits per heavy atom. The number of carbonyl (C=O) groups is 1. The molecule has 0 radical (unpaired) electrons. The number of nitrogens with zero attached hydrogens (tertiary/aromatic N) is 2. The number of hydrogen-bond acceptors (Lipinski definition) is 3. The minimum absolute atomic E-state index is 0.360. The zero-order valence-corrected chi connectivity index (χ0v) is 9.20. The van der Waals surface area contributed by atoms with Crippen LogP contribution < -0.4 is 5.56 Å². The number of aromatic amines is 1. The van der Waals surface area contributed by atoms with Crippen molar-refractivity contribution in [3.8, 4) is 0 Å². The van der Waals surface area contributed by atoms with Crippen LogP contribution in [-0.2, 0) is 0 Å². The van der Waals surface area contributed by atoms with E-state index in [-0.39, 0.29) is 5.56 Å². The van der Waals surface area contributed by atoms with Crippen molar-refractivity contribution in [2.75, 3.05) is 0 Å². The first-order chi connectivity index (χ1) is 7.02. The normalized spacial score (nSPS) is 10.8. The topological polar surface area (TPSA) is 87.5 Å². The predicted octanol–water partition coefficient (Wildman–Crippen LogP) is 0.792. The molecule has 0 aliphatic carbocycles. The predicted molar refractivity (Wildman–Crippen MR) is 55.2 cm³/mol. The largest absolute Gasteiger partial charge is 0.477 e. The highest BCUT2D eigenvalue weighted by molar-refractivity contribution is 9.10. The second-order valence-electron chi connectivity index (χ2n) is 2.99. The van der Waals surface area contributed by atoms with Crippen LogP contribution >= 0.6 is 15.9 Å². The molecule has 0 bridgehead atoms. The van der Waals surface area contributed by atoms with Gasteiger partial charge in [-0.1, -0.05) is 0 Å². The summed E-state index contributed by atoms with van der Waals surface area (Å²) in [5, 5.41) is 11.4. The summed E-state index contributed by atoms with van der Waals surface area (Å²) in [4.78, 5) is 26.2. The molecule has 2 aromatic heterocycles. The van der Waals surface area contributed by atoms with Crippen molar-refractivity contribution in [1.82, 2.24) is 14.6 Å². The molecule has 15 heavy (non-hydrogen) atoms. The van der Waals surface area contributed by atoms with E-state index in [0.29, 0.717) is 15.8 Å². The summed E-state index contributed by atoms with van der Waals surface area (Å²) in [6, 6.07) is 0. The fourth-order valence-corrected chi connectivity index (χ4v) is 1.61. The Labute approximate surface area is 91.7 Å². The van der Waals surface area contributed by atoms with Crippen molar-refractivity contribution >= 4 is 27.5 Å². The Balaban J connectivity index is 2.92. The second kappa shape index (κ2) is 3.20. The number of aromatic carboxylic acids is 1. The van der Waals surface area contributed by atoms with Gasteiger partial charge in [-0.2, -0.15) is 4.52 Å². The molecule has 6 nitrogen and oxygen atoms in total. The summed E-state index contributed by atoms with van der Waals surface area (Å²) in [5.74, 6) is -1.29. The van der Waals surface area contributed by atoms with Crippen molar-refractivity contribution < 1.29 is 9.90 Å². The maximum Gasteiger partial charge on any atom is 0.343 e. The van der Waals surface area contributed by atoms with E-state index < -0.39 is 11.5 Å². The molecule has 2 rings (SSSR count). The third-order valence-electron chi connectivity index (χ3n) is 2.00. The van der Waals surface area contributed by atoms with Crippen LogP contribution in [-0.4, -0.2) is 25.7 Å². The minimum atomic E-state index is -1.29. The van der Waals surface area contributed by atoms with Crippen molar-refractivity contribution in [3.63, 3.8) is 0 Å². The summed E-state index contributed by atoms with van der Waals surface area (Å²) in [6.07, 6.45) is 1.05. The Bertz CT molecular complexity index is 613. The van der Waals surface area contributed by atoms with E-state index in [9.17, 15) is 9.59 Å². The molecule has 7 heteroatoms. The van der Waals surface area contributed by atoms with E-state index in [1.165, 1.54) is 0 Å². The highest BCUT2D eigenvalue weighted by Gasteiger charge is 2.15. The van der Waals surface area contributed by atoms with Crippen LogP contribution in [0.2, 0.25) is 0 Å². The van der Waals surface area contributed by atoms with Gasteiger partial charge < -0.3 is 5.11 Å². The van der Waals surface area contributed by atoms with Gasteiger partial charge in [0.15, 0.2) is 5.65 Å². The lowest BCUT2D eigenvalue weighted by Crippen LogP contribution is -2.22. The van der Waals surface area contributed by atoms with Crippen LogP contribution in [0.1, 0.15) is 16.1 Å². The van der Waals surface area contributed by atoms with Gasteiger partial charge in [0.05, 0.1) is 4.47 Å². The molecule has 0 atom stereocenters. The highest BCUT2D eigenvalue weighted by atomic mass is 79.9. The van der Waals surface area contributed by atoms with Gasteiger partial charge in [-0.05, 0) is 22.9 Å². The van der Waals surface area contributed by atoms with Gasteiger partial charge in [0.25, 0.3) is 5.56 Å². The number of fused-ring (bicyclic) bond motifs is 1. The molecule has 0 aliphatic rings. The SMILES string of the molecule is Cc1[nH]n2c(=O)c(C(=O)O)cnc2c1Br. The van der Waals surface area contributed by atoms with Crippen LogP contribution in [0.5, 0.6) is 0 Å². The molecule has 0 amide bonds. The number of carboxylic acid groups (broad SMARTS) is 1. The summed E-state index contributed by atoms with van der Waals surface area (Å²) >= 11 is 3.25. The molecule has 78 valence electrons. The van der Waals surface area contributed by atoms with Crippen LogP contribution in [0.3, 0.4) is 0 Å². The van der Waals surface area contributed by atoms with E-state index in [4.69, 9.17) is 5.11 Å². The molecule has 0 spiro atoms. The first-order valence-electron chi connectivity index (χ1n) is 4.01. The monoisotopic (exact) mass is 271 g/mol. The molecule has 0 saturated carbocycles. The molecule has 0 unspecified atom stereocenters. The summed E-state index contributed by atoms with van der Waals surface area (Å²) in [5.41, 5.74) is 0.104. The fourth-order valence-electron chi connectivity index (χ4n) is 1.25. The maximum atomic E-state index is 11.6. The van der Waals surface area contributed by atoms with Crippen LogP contribution in [0.25, 0.3) is 5.65 Å². The smallest absolute Gasteiger partial charge is 0.343 e. The maximum absolute atomic E-state index is 11.6. The van der Waals surface area contributed by atoms with Gasteiger partial charge in [-0.3, -0.25) is 9.89 Å². The zero-order chi connectivity index (χ0) is 11.2. The number of carboxylic acids is 1. The molecule has 0 aliphatic heterocycles. The van der Waals surface area contributed by atoms with Crippen molar-refractivity contribution in [1.29, 1.82) is 0 Å². The number of nitrogens with one attached hydrogen (secondary N) is 1.